The normalized spacial score (nSPS) is 13.3. The van der Waals surface area contributed by atoms with E-state index in [1.54, 1.807) is 18.4 Å². The van der Waals surface area contributed by atoms with E-state index in [0.717, 1.165) is 22.2 Å². The van der Waals surface area contributed by atoms with E-state index in [1.807, 2.05) is 26.2 Å². The van der Waals surface area contributed by atoms with Crippen LogP contribution in [0.4, 0.5) is 4.39 Å². The molecule has 1 aromatic heterocycles. The number of rotatable bonds is 7. The van der Waals surface area contributed by atoms with Gasteiger partial charge in [0, 0.05) is 19.0 Å². The summed E-state index contributed by atoms with van der Waals surface area (Å²) >= 11 is 1.66. The molecule has 0 radical (unpaired) electrons. The first-order chi connectivity index (χ1) is 12.4. The van der Waals surface area contributed by atoms with Crippen molar-refractivity contribution in [3.8, 4) is 0 Å². The topological polar surface area (TPSA) is 52.6 Å². The highest BCUT2D eigenvalue weighted by Gasteiger charge is 2.15. The number of hydrogen-bond acceptors (Lipinski definition) is 4. The molecule has 0 saturated heterocycles. The second kappa shape index (κ2) is 9.64. The Labute approximate surface area is 159 Å². The van der Waals surface area contributed by atoms with Gasteiger partial charge in [0.2, 0.25) is 0 Å². The highest BCUT2D eigenvalue weighted by Crippen LogP contribution is 2.18. The number of nitrogens with one attached hydrogen (secondary N) is 2. The fourth-order valence-electron chi connectivity index (χ4n) is 2.53. The Morgan fingerprint density at radius 3 is 2.46 bits per heavy atom. The second-order valence-corrected chi connectivity index (χ2v) is 7.60. The van der Waals surface area contributed by atoms with E-state index in [4.69, 9.17) is 0 Å². The van der Waals surface area contributed by atoms with Gasteiger partial charge in [0.25, 0.3) is 0 Å². The van der Waals surface area contributed by atoms with Gasteiger partial charge in [-0.05, 0) is 37.7 Å². The number of halogens is 1. The minimum absolute atomic E-state index is 0.113. The number of aromatic nitrogens is 1. The lowest BCUT2D eigenvalue weighted by molar-refractivity contribution is 0.298. The molecule has 142 valence electrons. The molecule has 2 N–H and O–H groups in total. The summed E-state index contributed by atoms with van der Waals surface area (Å²) in [5, 5.41) is 9.79. The molecular formula is C19H28FN5S. The molecule has 0 bridgehead atoms. The third-order valence-corrected chi connectivity index (χ3v) is 5.00. The predicted molar refractivity (Wildman–Crippen MR) is 107 cm³/mol. The molecule has 2 aromatic rings. The fraction of sp³-hybridized carbons (Fsp3) is 0.474. The first-order valence-electron chi connectivity index (χ1n) is 8.71. The van der Waals surface area contributed by atoms with Crippen molar-refractivity contribution in [1.29, 1.82) is 0 Å². The SMILES string of the molecule is CN=C(NCc1nc(C(C)C)cs1)NCC(c1ccc(F)cc1)N(C)C. The van der Waals surface area contributed by atoms with Gasteiger partial charge in [0.1, 0.15) is 10.8 Å². The predicted octanol–water partition coefficient (Wildman–Crippen LogP) is 3.37. The van der Waals surface area contributed by atoms with Crippen molar-refractivity contribution in [3.05, 3.63) is 51.7 Å². The van der Waals surface area contributed by atoms with Gasteiger partial charge in [-0.3, -0.25) is 4.99 Å². The zero-order valence-electron chi connectivity index (χ0n) is 16.1. The molecule has 0 aliphatic rings. The molecule has 2 rings (SSSR count). The zero-order chi connectivity index (χ0) is 19.1. The van der Waals surface area contributed by atoms with Crippen molar-refractivity contribution in [2.24, 2.45) is 4.99 Å². The zero-order valence-corrected chi connectivity index (χ0v) is 16.9. The lowest BCUT2D eigenvalue weighted by atomic mass is 10.1. The number of likely N-dealkylation sites (N-methyl/N-ethyl adjacent to an activating group) is 1. The summed E-state index contributed by atoms with van der Waals surface area (Å²) in [7, 11) is 5.77. The molecule has 7 heteroatoms. The molecule has 1 unspecified atom stereocenters. The van der Waals surface area contributed by atoms with Crippen LogP contribution in [0.5, 0.6) is 0 Å². The highest BCUT2D eigenvalue weighted by molar-refractivity contribution is 7.09. The number of aliphatic imine (C=N–C) groups is 1. The third kappa shape index (κ3) is 5.78. The Hall–Kier alpha value is -1.99. The van der Waals surface area contributed by atoms with Crippen LogP contribution in [0.3, 0.4) is 0 Å². The summed E-state index contributed by atoms with van der Waals surface area (Å²) in [5.74, 6) is 0.940. The third-order valence-electron chi connectivity index (χ3n) is 4.13. The lowest BCUT2D eigenvalue weighted by Gasteiger charge is -2.26. The Kier molecular flexibility index (Phi) is 7.53. The lowest BCUT2D eigenvalue weighted by Crippen LogP contribution is -2.41. The minimum atomic E-state index is -0.221. The Bertz CT molecular complexity index is 709. The maximum Gasteiger partial charge on any atom is 0.191 e. The number of thiazole rings is 1. The molecule has 0 amide bonds. The van der Waals surface area contributed by atoms with Crippen LogP contribution in [0.2, 0.25) is 0 Å². The minimum Gasteiger partial charge on any atom is -0.354 e. The van der Waals surface area contributed by atoms with E-state index in [9.17, 15) is 4.39 Å². The van der Waals surface area contributed by atoms with E-state index < -0.39 is 0 Å². The van der Waals surface area contributed by atoms with Gasteiger partial charge < -0.3 is 15.5 Å². The van der Waals surface area contributed by atoms with Crippen LogP contribution in [0.25, 0.3) is 0 Å². The second-order valence-electron chi connectivity index (χ2n) is 6.66. The smallest absolute Gasteiger partial charge is 0.191 e. The average molecular weight is 378 g/mol. The molecule has 26 heavy (non-hydrogen) atoms. The van der Waals surface area contributed by atoms with Crippen molar-refractivity contribution in [3.63, 3.8) is 0 Å². The monoisotopic (exact) mass is 377 g/mol. The molecule has 5 nitrogen and oxygen atoms in total. The van der Waals surface area contributed by atoms with Crippen LogP contribution >= 0.6 is 11.3 Å². The number of hydrogen-bond donors (Lipinski definition) is 2. The van der Waals surface area contributed by atoms with Gasteiger partial charge in [0.15, 0.2) is 5.96 Å². The molecule has 1 atom stereocenters. The van der Waals surface area contributed by atoms with Crippen molar-refractivity contribution in [1.82, 2.24) is 20.5 Å². The van der Waals surface area contributed by atoms with Crippen molar-refractivity contribution < 1.29 is 4.39 Å². The van der Waals surface area contributed by atoms with E-state index >= 15 is 0 Å². The summed E-state index contributed by atoms with van der Waals surface area (Å²) in [6.45, 7) is 5.58. The average Bonchev–Trinajstić information content (AvgIpc) is 3.08. The van der Waals surface area contributed by atoms with Crippen LogP contribution in [0.15, 0.2) is 34.6 Å². The Balaban J connectivity index is 1.92. The molecule has 0 spiro atoms. The largest absolute Gasteiger partial charge is 0.354 e. The molecule has 0 fully saturated rings. The molecular weight excluding hydrogens is 349 g/mol. The summed E-state index contributed by atoms with van der Waals surface area (Å²) in [5.41, 5.74) is 2.18. The summed E-state index contributed by atoms with van der Waals surface area (Å²) in [6, 6.07) is 6.74. The van der Waals surface area contributed by atoms with Crippen LogP contribution in [0, 0.1) is 5.82 Å². The van der Waals surface area contributed by atoms with Crippen LogP contribution in [0.1, 0.15) is 42.1 Å². The molecule has 1 heterocycles. The van der Waals surface area contributed by atoms with Crippen LogP contribution < -0.4 is 10.6 Å². The standard InChI is InChI=1S/C19H28FN5S/c1-13(2)16-12-26-18(24-16)11-23-19(21-3)22-10-17(25(4)5)14-6-8-15(20)9-7-14/h6-9,12-13,17H,10-11H2,1-5H3,(H2,21,22,23). The van der Waals surface area contributed by atoms with Crippen molar-refractivity contribution in [2.75, 3.05) is 27.7 Å². The quantitative estimate of drug-likeness (QED) is 0.574. The van der Waals surface area contributed by atoms with Gasteiger partial charge in [-0.25, -0.2) is 9.37 Å². The van der Waals surface area contributed by atoms with E-state index in [-0.39, 0.29) is 11.9 Å². The molecule has 0 saturated carbocycles. The molecule has 0 aliphatic heterocycles. The first-order valence-corrected chi connectivity index (χ1v) is 9.59. The Morgan fingerprint density at radius 1 is 1.23 bits per heavy atom. The summed E-state index contributed by atoms with van der Waals surface area (Å²) < 4.78 is 13.2. The van der Waals surface area contributed by atoms with Crippen LogP contribution in [-0.2, 0) is 6.54 Å². The molecule has 0 aliphatic carbocycles. The van der Waals surface area contributed by atoms with Gasteiger partial charge in [-0.15, -0.1) is 11.3 Å². The fourth-order valence-corrected chi connectivity index (χ4v) is 3.42. The van der Waals surface area contributed by atoms with E-state index in [2.05, 4.69) is 44.7 Å². The maximum atomic E-state index is 13.2. The number of guanidine groups is 1. The van der Waals surface area contributed by atoms with Gasteiger partial charge in [0.05, 0.1) is 18.3 Å². The van der Waals surface area contributed by atoms with Gasteiger partial charge in [-0.2, -0.15) is 0 Å². The number of nitrogens with zero attached hydrogens (tertiary/aromatic N) is 3. The highest BCUT2D eigenvalue weighted by atomic mass is 32.1. The van der Waals surface area contributed by atoms with Crippen molar-refractivity contribution in [2.45, 2.75) is 32.4 Å². The van der Waals surface area contributed by atoms with Crippen LogP contribution in [-0.4, -0.2) is 43.5 Å². The molecule has 1 aromatic carbocycles. The van der Waals surface area contributed by atoms with E-state index in [0.29, 0.717) is 19.0 Å². The van der Waals surface area contributed by atoms with E-state index in [1.165, 1.54) is 12.1 Å². The van der Waals surface area contributed by atoms with Crippen molar-refractivity contribution >= 4 is 17.3 Å². The Morgan fingerprint density at radius 2 is 1.92 bits per heavy atom. The summed E-state index contributed by atoms with van der Waals surface area (Å²) in [6.07, 6.45) is 0. The van der Waals surface area contributed by atoms with Gasteiger partial charge >= 0.3 is 0 Å². The summed E-state index contributed by atoms with van der Waals surface area (Å²) in [4.78, 5) is 11.0. The number of benzene rings is 1. The maximum absolute atomic E-state index is 13.2. The van der Waals surface area contributed by atoms with Gasteiger partial charge in [-0.1, -0.05) is 26.0 Å². The first kappa shape index (κ1) is 20.3.